The van der Waals surface area contributed by atoms with Crippen molar-refractivity contribution in [3.63, 3.8) is 0 Å². The molecule has 2 heterocycles. The lowest BCUT2D eigenvalue weighted by Gasteiger charge is -2.22. The number of aromatic nitrogens is 2. The Balaban J connectivity index is 1.99. The summed E-state index contributed by atoms with van der Waals surface area (Å²) >= 11 is 0. The van der Waals surface area contributed by atoms with Crippen LogP contribution in [0.4, 0.5) is 4.39 Å². The van der Waals surface area contributed by atoms with Gasteiger partial charge in [0.25, 0.3) is 11.5 Å². The summed E-state index contributed by atoms with van der Waals surface area (Å²) in [5.74, 6) is -1.21. The quantitative estimate of drug-likeness (QED) is 0.795. The van der Waals surface area contributed by atoms with Gasteiger partial charge < -0.3 is 14.6 Å². The monoisotopic (exact) mass is 377 g/mol. The highest BCUT2D eigenvalue weighted by molar-refractivity contribution is 5.99. The van der Waals surface area contributed by atoms with Crippen LogP contribution in [-0.2, 0) is 16.1 Å². The standard InChI is InChI=1S/C18H20FN3O5/c1-3-21-16(24)12-6-5-10(7-13(12)20-18(21)26)15(23)22-9-11(19)8-14(22)17(25)27-4-2/h5-7,11,14H,3-4,8-9H2,1-2H3,(H,20,26)/t11-,14-/m0/s1. The summed E-state index contributed by atoms with van der Waals surface area (Å²) in [5.41, 5.74) is -0.668. The average molecular weight is 377 g/mol. The molecule has 8 nitrogen and oxygen atoms in total. The number of hydrogen-bond donors (Lipinski definition) is 1. The highest BCUT2D eigenvalue weighted by Crippen LogP contribution is 2.24. The summed E-state index contributed by atoms with van der Waals surface area (Å²) < 4.78 is 19.8. The molecule has 0 aliphatic carbocycles. The Hall–Kier alpha value is -2.97. The van der Waals surface area contributed by atoms with Gasteiger partial charge in [-0.1, -0.05) is 0 Å². The van der Waals surface area contributed by atoms with Gasteiger partial charge >= 0.3 is 11.7 Å². The number of ether oxygens (including phenoxy) is 1. The van der Waals surface area contributed by atoms with E-state index in [1.54, 1.807) is 13.8 Å². The second kappa shape index (κ2) is 7.34. The highest BCUT2D eigenvalue weighted by atomic mass is 19.1. The van der Waals surface area contributed by atoms with E-state index in [4.69, 9.17) is 4.74 Å². The van der Waals surface area contributed by atoms with Crippen LogP contribution in [0.2, 0.25) is 0 Å². The van der Waals surface area contributed by atoms with Gasteiger partial charge in [0.2, 0.25) is 0 Å². The van der Waals surface area contributed by atoms with Crippen LogP contribution in [0.3, 0.4) is 0 Å². The summed E-state index contributed by atoms with van der Waals surface area (Å²) in [6, 6.07) is 3.25. The molecule has 2 atom stereocenters. The molecule has 1 aliphatic heterocycles. The zero-order chi connectivity index (χ0) is 19.7. The van der Waals surface area contributed by atoms with Gasteiger partial charge in [0.05, 0.1) is 24.1 Å². The molecule has 144 valence electrons. The van der Waals surface area contributed by atoms with Crippen molar-refractivity contribution in [2.24, 2.45) is 0 Å². The first-order valence-electron chi connectivity index (χ1n) is 8.75. The molecular weight excluding hydrogens is 357 g/mol. The summed E-state index contributed by atoms with van der Waals surface area (Å²) in [5, 5.41) is 0.264. The Morgan fingerprint density at radius 2 is 2.04 bits per heavy atom. The molecule has 3 rings (SSSR count). The minimum absolute atomic E-state index is 0.115. The molecule has 0 unspecified atom stereocenters. The fourth-order valence-corrected chi connectivity index (χ4v) is 3.31. The third-order valence-electron chi connectivity index (χ3n) is 4.61. The molecule has 1 amide bonds. The highest BCUT2D eigenvalue weighted by Gasteiger charge is 2.41. The number of esters is 1. The van der Waals surface area contributed by atoms with Crippen LogP contribution in [0, 0.1) is 0 Å². The number of likely N-dealkylation sites (tertiary alicyclic amines) is 1. The zero-order valence-corrected chi connectivity index (χ0v) is 15.0. The number of rotatable bonds is 4. The Kier molecular flexibility index (Phi) is 5.11. The minimum Gasteiger partial charge on any atom is -0.464 e. The number of amides is 1. The van der Waals surface area contributed by atoms with Crippen LogP contribution in [-0.4, -0.2) is 51.7 Å². The third-order valence-corrected chi connectivity index (χ3v) is 4.61. The average Bonchev–Trinajstić information content (AvgIpc) is 3.03. The second-order valence-electron chi connectivity index (χ2n) is 6.30. The molecule has 0 bridgehead atoms. The number of nitrogens with zero attached hydrogens (tertiary/aromatic N) is 2. The van der Waals surface area contributed by atoms with Crippen molar-refractivity contribution in [1.29, 1.82) is 0 Å². The van der Waals surface area contributed by atoms with Crippen LogP contribution >= 0.6 is 0 Å². The Morgan fingerprint density at radius 3 is 2.70 bits per heavy atom. The number of fused-ring (bicyclic) bond motifs is 1. The number of nitrogens with one attached hydrogen (secondary N) is 1. The molecule has 1 N–H and O–H groups in total. The van der Waals surface area contributed by atoms with Gasteiger partial charge in [0.1, 0.15) is 12.2 Å². The summed E-state index contributed by atoms with van der Waals surface area (Å²) in [4.78, 5) is 52.9. The molecular formula is C18H20FN3O5. The van der Waals surface area contributed by atoms with Gasteiger partial charge in [0, 0.05) is 18.5 Å². The smallest absolute Gasteiger partial charge is 0.328 e. The molecule has 0 saturated carbocycles. The topological polar surface area (TPSA) is 101 Å². The predicted octanol–water partition coefficient (Wildman–Crippen LogP) is 0.825. The van der Waals surface area contributed by atoms with Crippen molar-refractivity contribution in [3.05, 3.63) is 44.6 Å². The minimum atomic E-state index is -1.32. The number of carbonyl (C=O) groups is 2. The van der Waals surface area contributed by atoms with E-state index in [0.29, 0.717) is 0 Å². The number of aromatic amines is 1. The van der Waals surface area contributed by atoms with Crippen LogP contribution in [0.25, 0.3) is 10.9 Å². The van der Waals surface area contributed by atoms with E-state index in [1.165, 1.54) is 18.2 Å². The number of alkyl halides is 1. The fourth-order valence-electron chi connectivity index (χ4n) is 3.31. The molecule has 1 aromatic carbocycles. The fraction of sp³-hybridized carbons (Fsp3) is 0.444. The Bertz CT molecular complexity index is 1010. The van der Waals surface area contributed by atoms with Crippen LogP contribution < -0.4 is 11.2 Å². The zero-order valence-electron chi connectivity index (χ0n) is 15.0. The van der Waals surface area contributed by atoms with E-state index in [9.17, 15) is 23.6 Å². The van der Waals surface area contributed by atoms with E-state index < -0.39 is 35.3 Å². The third kappa shape index (κ3) is 3.36. The van der Waals surface area contributed by atoms with Crippen molar-refractivity contribution in [1.82, 2.24) is 14.5 Å². The van der Waals surface area contributed by atoms with Crippen LogP contribution in [0.15, 0.2) is 27.8 Å². The van der Waals surface area contributed by atoms with E-state index in [2.05, 4.69) is 4.98 Å². The lowest BCUT2D eigenvalue weighted by atomic mass is 10.1. The van der Waals surface area contributed by atoms with E-state index >= 15 is 0 Å². The Labute approximate surface area is 153 Å². The molecule has 1 saturated heterocycles. The maximum absolute atomic E-state index is 13.8. The molecule has 1 aromatic heterocycles. The van der Waals surface area contributed by atoms with Gasteiger partial charge in [-0.15, -0.1) is 0 Å². The van der Waals surface area contributed by atoms with Gasteiger partial charge in [-0.3, -0.25) is 14.2 Å². The lowest BCUT2D eigenvalue weighted by Crippen LogP contribution is -2.41. The van der Waals surface area contributed by atoms with Gasteiger partial charge in [-0.05, 0) is 32.0 Å². The molecule has 1 fully saturated rings. The molecule has 1 aliphatic rings. The van der Waals surface area contributed by atoms with Crippen LogP contribution in [0.5, 0.6) is 0 Å². The molecule has 2 aromatic rings. The number of hydrogen-bond acceptors (Lipinski definition) is 5. The first-order valence-corrected chi connectivity index (χ1v) is 8.75. The van der Waals surface area contributed by atoms with E-state index in [-0.39, 0.29) is 42.6 Å². The van der Waals surface area contributed by atoms with Crippen molar-refractivity contribution in [2.75, 3.05) is 13.2 Å². The van der Waals surface area contributed by atoms with E-state index in [1.807, 2.05) is 0 Å². The number of halogens is 1. The van der Waals surface area contributed by atoms with Crippen molar-refractivity contribution in [2.45, 2.75) is 39.0 Å². The van der Waals surface area contributed by atoms with Crippen molar-refractivity contribution < 1.29 is 18.7 Å². The Morgan fingerprint density at radius 1 is 1.30 bits per heavy atom. The first kappa shape index (κ1) is 18.8. The molecule has 0 spiro atoms. The predicted molar refractivity (Wildman–Crippen MR) is 95.5 cm³/mol. The van der Waals surface area contributed by atoms with Crippen molar-refractivity contribution in [3.8, 4) is 0 Å². The SMILES string of the molecule is CCOC(=O)[C@@H]1C[C@H](F)CN1C(=O)c1ccc2c(=O)n(CC)c(=O)[nH]c2c1. The van der Waals surface area contributed by atoms with Crippen molar-refractivity contribution >= 4 is 22.8 Å². The summed E-state index contributed by atoms with van der Waals surface area (Å²) in [6.07, 6.45) is -1.43. The summed E-state index contributed by atoms with van der Waals surface area (Å²) in [7, 11) is 0. The normalized spacial score (nSPS) is 19.4. The molecule has 27 heavy (non-hydrogen) atoms. The van der Waals surface area contributed by atoms with Gasteiger partial charge in [0.15, 0.2) is 0 Å². The largest absolute Gasteiger partial charge is 0.464 e. The van der Waals surface area contributed by atoms with Gasteiger partial charge in [-0.25, -0.2) is 14.0 Å². The number of carbonyl (C=O) groups excluding carboxylic acids is 2. The van der Waals surface area contributed by atoms with Crippen LogP contribution in [0.1, 0.15) is 30.6 Å². The second-order valence-corrected chi connectivity index (χ2v) is 6.30. The summed E-state index contributed by atoms with van der Waals surface area (Å²) in [6.45, 7) is 3.45. The first-order chi connectivity index (χ1) is 12.9. The lowest BCUT2D eigenvalue weighted by molar-refractivity contribution is -0.147. The number of benzene rings is 1. The molecule has 0 radical (unpaired) electrons. The van der Waals surface area contributed by atoms with E-state index in [0.717, 1.165) is 9.47 Å². The van der Waals surface area contributed by atoms with Gasteiger partial charge in [-0.2, -0.15) is 0 Å². The maximum atomic E-state index is 13.8. The maximum Gasteiger partial charge on any atom is 0.328 e. The molecule has 9 heteroatoms. The number of H-pyrrole nitrogens is 1.